The summed E-state index contributed by atoms with van der Waals surface area (Å²) in [6.07, 6.45) is 0.112. The lowest BCUT2D eigenvalue weighted by Gasteiger charge is -2.13. The fourth-order valence-corrected chi connectivity index (χ4v) is 1.25. The van der Waals surface area contributed by atoms with Gasteiger partial charge in [0.25, 0.3) is 5.91 Å². The molecule has 0 unspecified atom stereocenters. The van der Waals surface area contributed by atoms with Crippen molar-refractivity contribution in [3.05, 3.63) is 17.0 Å². The highest BCUT2D eigenvalue weighted by molar-refractivity contribution is 6.28. The summed E-state index contributed by atoms with van der Waals surface area (Å²) in [5, 5.41) is 4.07. The smallest absolute Gasteiger partial charge is 0.251 e. The maximum atomic E-state index is 11.5. The predicted octanol–water partition coefficient (Wildman–Crippen LogP) is 0.734. The molecule has 16 heavy (non-hydrogen) atoms. The van der Waals surface area contributed by atoms with E-state index in [-0.39, 0.29) is 17.6 Å². The fraction of sp³-hybridized carbons (Fsp3) is 0.444. The van der Waals surface area contributed by atoms with Crippen molar-refractivity contribution < 1.29 is 9.63 Å². The number of carbonyl (C=O) groups is 1. The summed E-state index contributed by atoms with van der Waals surface area (Å²) in [5.74, 6) is 0.363. The highest BCUT2D eigenvalue weighted by atomic mass is 35.5. The predicted molar refractivity (Wildman–Crippen MR) is 60.1 cm³/mol. The van der Waals surface area contributed by atoms with Crippen LogP contribution in [0.3, 0.4) is 0 Å². The second-order valence-corrected chi connectivity index (χ2v) is 3.35. The first kappa shape index (κ1) is 12.7. The average molecular weight is 245 g/mol. The van der Waals surface area contributed by atoms with Crippen LogP contribution >= 0.6 is 11.6 Å². The number of nitrogens with zero attached hydrogens (tertiary/aromatic N) is 3. The van der Waals surface area contributed by atoms with Crippen LogP contribution in [0.25, 0.3) is 0 Å². The van der Waals surface area contributed by atoms with Gasteiger partial charge in [0, 0.05) is 20.2 Å². The van der Waals surface area contributed by atoms with Crippen LogP contribution in [0.15, 0.2) is 6.07 Å². The zero-order chi connectivity index (χ0) is 12.1. The number of rotatable bonds is 4. The number of hydroxylamine groups is 2. The van der Waals surface area contributed by atoms with Crippen LogP contribution in [-0.2, 0) is 16.1 Å². The van der Waals surface area contributed by atoms with Crippen LogP contribution in [0.1, 0.15) is 5.69 Å². The van der Waals surface area contributed by atoms with Crippen LogP contribution in [0.4, 0.5) is 5.82 Å². The Hall–Kier alpha value is -1.40. The van der Waals surface area contributed by atoms with Gasteiger partial charge in [-0.1, -0.05) is 0 Å². The van der Waals surface area contributed by atoms with Crippen LogP contribution in [0.2, 0.25) is 5.28 Å². The van der Waals surface area contributed by atoms with Gasteiger partial charge in [-0.2, -0.15) is 0 Å². The third-order valence-electron chi connectivity index (χ3n) is 1.97. The SMILES string of the molecule is CNc1cc(CC(=O)N(C)OC)nc(Cl)n1. The van der Waals surface area contributed by atoms with Gasteiger partial charge in [0.05, 0.1) is 19.2 Å². The number of nitrogens with one attached hydrogen (secondary N) is 1. The molecule has 0 fully saturated rings. The summed E-state index contributed by atoms with van der Waals surface area (Å²) in [7, 11) is 4.67. The highest BCUT2D eigenvalue weighted by Gasteiger charge is 2.11. The zero-order valence-electron chi connectivity index (χ0n) is 9.32. The van der Waals surface area contributed by atoms with Crippen LogP contribution in [0, 0.1) is 0 Å². The zero-order valence-corrected chi connectivity index (χ0v) is 10.1. The quantitative estimate of drug-likeness (QED) is 0.625. The van der Waals surface area contributed by atoms with Crippen molar-refractivity contribution in [3.63, 3.8) is 0 Å². The van der Waals surface area contributed by atoms with Gasteiger partial charge in [-0.05, 0) is 11.6 Å². The number of amides is 1. The first-order valence-electron chi connectivity index (χ1n) is 4.58. The lowest BCUT2D eigenvalue weighted by atomic mass is 10.3. The third kappa shape index (κ3) is 3.32. The van der Waals surface area contributed by atoms with E-state index >= 15 is 0 Å². The second-order valence-electron chi connectivity index (χ2n) is 3.01. The first-order valence-corrected chi connectivity index (χ1v) is 4.96. The molecule has 6 nitrogen and oxygen atoms in total. The van der Waals surface area contributed by atoms with Crippen molar-refractivity contribution in [2.45, 2.75) is 6.42 Å². The molecule has 1 N–H and O–H groups in total. The second kappa shape index (κ2) is 5.62. The van der Waals surface area contributed by atoms with Gasteiger partial charge in [-0.15, -0.1) is 0 Å². The Labute approximate surface area is 98.5 Å². The van der Waals surface area contributed by atoms with E-state index < -0.39 is 0 Å². The Morgan fingerprint density at radius 1 is 1.62 bits per heavy atom. The molecule has 0 spiro atoms. The van der Waals surface area contributed by atoms with Gasteiger partial charge < -0.3 is 5.32 Å². The van der Waals surface area contributed by atoms with Gasteiger partial charge in [-0.25, -0.2) is 15.0 Å². The number of likely N-dealkylation sites (N-methyl/N-ethyl adjacent to an activating group) is 1. The van der Waals surface area contributed by atoms with Crippen molar-refractivity contribution in [1.29, 1.82) is 0 Å². The van der Waals surface area contributed by atoms with Crippen LogP contribution < -0.4 is 5.32 Å². The Morgan fingerprint density at radius 2 is 2.31 bits per heavy atom. The molecule has 1 aromatic heterocycles. The van der Waals surface area contributed by atoms with Gasteiger partial charge in [0.15, 0.2) is 0 Å². The normalized spacial score (nSPS) is 10.0. The largest absolute Gasteiger partial charge is 0.373 e. The maximum absolute atomic E-state index is 11.5. The number of halogens is 1. The molecule has 0 saturated carbocycles. The number of aromatic nitrogens is 2. The minimum atomic E-state index is -0.209. The van der Waals surface area contributed by atoms with Crippen molar-refractivity contribution in [1.82, 2.24) is 15.0 Å². The molecule has 0 radical (unpaired) electrons. The standard InChI is InChI=1S/C9H13ClN4O2/c1-11-7-4-6(12-9(10)13-7)5-8(15)14(2)16-3/h4H,5H2,1-3H3,(H,11,12,13). The third-order valence-corrected chi connectivity index (χ3v) is 2.13. The molecular formula is C9H13ClN4O2. The molecule has 7 heteroatoms. The lowest BCUT2D eigenvalue weighted by molar-refractivity contribution is -0.167. The van der Waals surface area contributed by atoms with Crippen molar-refractivity contribution in [2.75, 3.05) is 26.5 Å². The molecule has 1 heterocycles. The topological polar surface area (TPSA) is 67.4 Å². The molecule has 0 aliphatic carbocycles. The number of carbonyl (C=O) groups excluding carboxylic acids is 1. The summed E-state index contributed by atoms with van der Waals surface area (Å²) in [6, 6.07) is 1.66. The van der Waals surface area contributed by atoms with Crippen LogP contribution in [0.5, 0.6) is 0 Å². The van der Waals surface area contributed by atoms with E-state index in [2.05, 4.69) is 15.3 Å². The van der Waals surface area contributed by atoms with E-state index in [1.165, 1.54) is 14.2 Å². The van der Waals surface area contributed by atoms with E-state index in [4.69, 9.17) is 16.4 Å². The molecule has 0 bridgehead atoms. The molecule has 1 amide bonds. The summed E-state index contributed by atoms with van der Waals surface area (Å²) in [6.45, 7) is 0. The molecule has 0 aromatic carbocycles. The van der Waals surface area contributed by atoms with Gasteiger partial charge in [0.2, 0.25) is 5.28 Å². The van der Waals surface area contributed by atoms with E-state index in [9.17, 15) is 4.79 Å². The van der Waals surface area contributed by atoms with Crippen LogP contribution in [-0.4, -0.2) is 42.1 Å². The van der Waals surface area contributed by atoms with E-state index in [1.807, 2.05) is 0 Å². The lowest BCUT2D eigenvalue weighted by Crippen LogP contribution is -2.27. The van der Waals surface area contributed by atoms with Gasteiger partial charge in [0.1, 0.15) is 5.82 Å². The summed E-state index contributed by atoms with van der Waals surface area (Å²) in [5.41, 5.74) is 0.540. The number of anilines is 1. The van der Waals surface area contributed by atoms with Gasteiger partial charge >= 0.3 is 0 Å². The Kier molecular flexibility index (Phi) is 4.45. The summed E-state index contributed by atoms with van der Waals surface area (Å²) >= 11 is 5.71. The maximum Gasteiger partial charge on any atom is 0.251 e. The Balaban J connectivity index is 2.81. The Bertz CT molecular complexity index is 386. The summed E-state index contributed by atoms with van der Waals surface area (Å²) < 4.78 is 0. The molecule has 1 rings (SSSR count). The Morgan fingerprint density at radius 3 is 2.88 bits per heavy atom. The molecule has 0 aliphatic rings. The van der Waals surface area contributed by atoms with Crippen molar-refractivity contribution in [2.24, 2.45) is 0 Å². The van der Waals surface area contributed by atoms with E-state index in [0.717, 1.165) is 5.06 Å². The minimum absolute atomic E-state index is 0.106. The molecule has 88 valence electrons. The molecule has 0 atom stereocenters. The molecule has 0 saturated heterocycles. The van der Waals surface area contributed by atoms with E-state index in [0.29, 0.717) is 11.5 Å². The summed E-state index contributed by atoms with van der Waals surface area (Å²) in [4.78, 5) is 24.2. The average Bonchev–Trinajstić information content (AvgIpc) is 2.26. The molecule has 1 aromatic rings. The van der Waals surface area contributed by atoms with Crippen molar-refractivity contribution in [3.8, 4) is 0 Å². The minimum Gasteiger partial charge on any atom is -0.373 e. The fourth-order valence-electron chi connectivity index (χ4n) is 1.05. The van der Waals surface area contributed by atoms with E-state index in [1.54, 1.807) is 13.1 Å². The molecular weight excluding hydrogens is 232 g/mol. The number of hydrogen-bond donors (Lipinski definition) is 1. The number of hydrogen-bond acceptors (Lipinski definition) is 5. The van der Waals surface area contributed by atoms with Crippen molar-refractivity contribution >= 4 is 23.3 Å². The first-order chi connectivity index (χ1) is 7.56. The van der Waals surface area contributed by atoms with Gasteiger partial charge in [-0.3, -0.25) is 9.63 Å². The molecule has 0 aliphatic heterocycles. The monoisotopic (exact) mass is 244 g/mol. The highest BCUT2D eigenvalue weighted by Crippen LogP contribution is 2.10.